The van der Waals surface area contributed by atoms with Crippen LogP contribution in [-0.2, 0) is 4.74 Å². The van der Waals surface area contributed by atoms with Crippen LogP contribution in [0, 0.1) is 13.8 Å². The summed E-state index contributed by atoms with van der Waals surface area (Å²) in [6, 6.07) is 3.96. The second-order valence-corrected chi connectivity index (χ2v) is 4.10. The Morgan fingerprint density at radius 1 is 1.39 bits per heavy atom. The molecule has 0 aliphatic heterocycles. The average molecular weight is 246 g/mol. The minimum atomic E-state index is 0.651. The number of hydrogen-bond acceptors (Lipinski definition) is 4. The molecule has 2 aromatic heterocycles. The molecule has 0 amide bonds. The molecule has 5 nitrogen and oxygen atoms in total. The SMILES string of the molecule is COCCNc1nc(C)cn1-c1cccnc1C. The molecule has 5 heteroatoms. The highest BCUT2D eigenvalue weighted by molar-refractivity contribution is 5.45. The predicted molar refractivity (Wildman–Crippen MR) is 71.2 cm³/mol. The fourth-order valence-electron chi connectivity index (χ4n) is 1.80. The van der Waals surface area contributed by atoms with Crippen molar-refractivity contribution in [3.05, 3.63) is 35.9 Å². The van der Waals surface area contributed by atoms with Gasteiger partial charge in [-0.1, -0.05) is 0 Å². The summed E-state index contributed by atoms with van der Waals surface area (Å²) in [4.78, 5) is 8.77. The first-order chi connectivity index (χ1) is 8.72. The van der Waals surface area contributed by atoms with Gasteiger partial charge in [-0.15, -0.1) is 0 Å². The lowest BCUT2D eigenvalue weighted by Gasteiger charge is -2.10. The number of aryl methyl sites for hydroxylation is 2. The number of ether oxygens (including phenoxy) is 1. The minimum absolute atomic E-state index is 0.651. The van der Waals surface area contributed by atoms with Gasteiger partial charge in [-0.2, -0.15) is 0 Å². The van der Waals surface area contributed by atoms with Crippen LogP contribution in [-0.4, -0.2) is 34.8 Å². The smallest absolute Gasteiger partial charge is 0.207 e. The van der Waals surface area contributed by atoms with Gasteiger partial charge >= 0.3 is 0 Å². The maximum absolute atomic E-state index is 5.03. The number of nitrogens with one attached hydrogen (secondary N) is 1. The molecule has 2 heterocycles. The quantitative estimate of drug-likeness (QED) is 0.819. The summed E-state index contributed by atoms with van der Waals surface area (Å²) in [7, 11) is 1.69. The van der Waals surface area contributed by atoms with Crippen LogP contribution in [0.1, 0.15) is 11.4 Å². The lowest BCUT2D eigenvalue weighted by Crippen LogP contribution is -2.12. The number of methoxy groups -OCH3 is 1. The summed E-state index contributed by atoms with van der Waals surface area (Å²) in [5.41, 5.74) is 2.99. The fraction of sp³-hybridized carbons (Fsp3) is 0.385. The Balaban J connectivity index is 2.30. The maximum Gasteiger partial charge on any atom is 0.207 e. The first-order valence-electron chi connectivity index (χ1n) is 5.93. The summed E-state index contributed by atoms with van der Waals surface area (Å²) >= 11 is 0. The lowest BCUT2D eigenvalue weighted by molar-refractivity contribution is 0.210. The highest BCUT2D eigenvalue weighted by atomic mass is 16.5. The lowest BCUT2D eigenvalue weighted by atomic mass is 10.3. The third-order valence-electron chi connectivity index (χ3n) is 2.65. The van der Waals surface area contributed by atoms with E-state index in [1.807, 2.05) is 36.7 Å². The van der Waals surface area contributed by atoms with Crippen molar-refractivity contribution in [3.63, 3.8) is 0 Å². The van der Waals surface area contributed by atoms with Crippen LogP contribution in [0.25, 0.3) is 5.69 Å². The molecule has 0 unspecified atom stereocenters. The van der Waals surface area contributed by atoms with Gasteiger partial charge in [0.2, 0.25) is 5.95 Å². The van der Waals surface area contributed by atoms with Crippen LogP contribution in [0.2, 0.25) is 0 Å². The molecule has 1 N–H and O–H groups in total. The predicted octanol–water partition coefficient (Wildman–Crippen LogP) is 1.94. The zero-order valence-corrected chi connectivity index (χ0v) is 11.0. The van der Waals surface area contributed by atoms with Gasteiger partial charge in [0.05, 0.1) is 23.7 Å². The largest absolute Gasteiger partial charge is 0.383 e. The molecule has 2 rings (SSSR count). The van der Waals surface area contributed by atoms with Gasteiger partial charge in [0.25, 0.3) is 0 Å². The van der Waals surface area contributed by atoms with E-state index in [9.17, 15) is 0 Å². The van der Waals surface area contributed by atoms with E-state index in [2.05, 4.69) is 15.3 Å². The van der Waals surface area contributed by atoms with E-state index in [4.69, 9.17) is 4.74 Å². The molecule has 0 bridgehead atoms. The molecule has 0 aromatic carbocycles. The second-order valence-electron chi connectivity index (χ2n) is 4.10. The summed E-state index contributed by atoms with van der Waals surface area (Å²) in [6.07, 6.45) is 3.79. The highest BCUT2D eigenvalue weighted by Crippen LogP contribution is 2.18. The summed E-state index contributed by atoms with van der Waals surface area (Å²) in [5.74, 6) is 0.820. The van der Waals surface area contributed by atoms with Crippen LogP contribution in [0.5, 0.6) is 0 Å². The zero-order chi connectivity index (χ0) is 13.0. The fourth-order valence-corrected chi connectivity index (χ4v) is 1.80. The second kappa shape index (κ2) is 5.64. The van der Waals surface area contributed by atoms with Crippen molar-refractivity contribution in [3.8, 4) is 5.69 Å². The van der Waals surface area contributed by atoms with E-state index >= 15 is 0 Å². The zero-order valence-electron chi connectivity index (χ0n) is 11.0. The molecule has 0 atom stereocenters. The molecule has 0 aliphatic carbocycles. The Labute approximate surface area is 107 Å². The van der Waals surface area contributed by atoms with E-state index in [0.29, 0.717) is 6.61 Å². The number of pyridine rings is 1. The van der Waals surface area contributed by atoms with Crippen molar-refractivity contribution in [2.24, 2.45) is 0 Å². The molecule has 0 fully saturated rings. The monoisotopic (exact) mass is 246 g/mol. The van der Waals surface area contributed by atoms with Crippen LogP contribution < -0.4 is 5.32 Å². The number of rotatable bonds is 5. The van der Waals surface area contributed by atoms with E-state index in [0.717, 1.165) is 29.6 Å². The molecular weight excluding hydrogens is 228 g/mol. The normalized spacial score (nSPS) is 10.6. The van der Waals surface area contributed by atoms with Crippen LogP contribution >= 0.6 is 0 Å². The van der Waals surface area contributed by atoms with E-state index < -0.39 is 0 Å². The molecule has 2 aromatic rings. The van der Waals surface area contributed by atoms with Crippen LogP contribution in [0.4, 0.5) is 5.95 Å². The molecular formula is C13H18N4O. The summed E-state index contributed by atoms with van der Waals surface area (Å²) in [6.45, 7) is 5.34. The number of nitrogens with zero attached hydrogens (tertiary/aromatic N) is 3. The van der Waals surface area contributed by atoms with Crippen molar-refractivity contribution >= 4 is 5.95 Å². The maximum atomic E-state index is 5.03. The van der Waals surface area contributed by atoms with Gasteiger partial charge in [0.15, 0.2) is 0 Å². The number of hydrogen-bond donors (Lipinski definition) is 1. The van der Waals surface area contributed by atoms with Gasteiger partial charge in [0.1, 0.15) is 0 Å². The standard InChI is InChI=1S/C13H18N4O/c1-10-9-17(12-5-4-6-14-11(12)2)13(16-10)15-7-8-18-3/h4-6,9H,7-8H2,1-3H3,(H,15,16). The Morgan fingerprint density at radius 2 is 2.22 bits per heavy atom. The van der Waals surface area contributed by atoms with Gasteiger partial charge in [-0.05, 0) is 26.0 Å². The van der Waals surface area contributed by atoms with Crippen molar-refractivity contribution in [1.29, 1.82) is 0 Å². The number of imidazole rings is 1. The molecule has 0 saturated heterocycles. The summed E-state index contributed by atoms with van der Waals surface area (Å²) < 4.78 is 7.05. The Hall–Kier alpha value is -1.88. The molecule has 0 spiro atoms. The van der Waals surface area contributed by atoms with Gasteiger partial charge < -0.3 is 10.1 Å². The summed E-state index contributed by atoms with van der Waals surface area (Å²) in [5, 5.41) is 3.26. The molecule has 18 heavy (non-hydrogen) atoms. The average Bonchev–Trinajstić information content (AvgIpc) is 2.71. The first kappa shape index (κ1) is 12.6. The molecule has 0 radical (unpaired) electrons. The van der Waals surface area contributed by atoms with Crippen molar-refractivity contribution in [2.45, 2.75) is 13.8 Å². The van der Waals surface area contributed by atoms with E-state index in [1.54, 1.807) is 13.3 Å². The van der Waals surface area contributed by atoms with Crippen molar-refractivity contribution in [2.75, 3.05) is 25.6 Å². The first-order valence-corrected chi connectivity index (χ1v) is 5.93. The molecule has 0 aliphatic rings. The topological polar surface area (TPSA) is 52.0 Å². The Kier molecular flexibility index (Phi) is 3.94. The van der Waals surface area contributed by atoms with Gasteiger partial charge in [-0.25, -0.2) is 4.98 Å². The van der Waals surface area contributed by atoms with Crippen molar-refractivity contribution < 1.29 is 4.74 Å². The van der Waals surface area contributed by atoms with Crippen molar-refractivity contribution in [1.82, 2.24) is 14.5 Å². The van der Waals surface area contributed by atoms with Gasteiger partial charge in [0, 0.05) is 26.0 Å². The van der Waals surface area contributed by atoms with Gasteiger partial charge in [-0.3, -0.25) is 9.55 Å². The van der Waals surface area contributed by atoms with Crippen LogP contribution in [0.15, 0.2) is 24.5 Å². The molecule has 96 valence electrons. The Morgan fingerprint density at radius 3 is 2.94 bits per heavy atom. The Bertz CT molecular complexity index is 521. The third-order valence-corrected chi connectivity index (χ3v) is 2.65. The van der Waals surface area contributed by atoms with Crippen LogP contribution in [0.3, 0.4) is 0 Å². The molecule has 0 saturated carbocycles. The number of anilines is 1. The number of aromatic nitrogens is 3. The highest BCUT2D eigenvalue weighted by Gasteiger charge is 2.09. The minimum Gasteiger partial charge on any atom is -0.383 e. The third kappa shape index (κ3) is 2.68. The van der Waals surface area contributed by atoms with E-state index in [-0.39, 0.29) is 0 Å². The van der Waals surface area contributed by atoms with E-state index in [1.165, 1.54) is 0 Å².